The Morgan fingerprint density at radius 1 is 1.05 bits per heavy atom. The molecule has 0 aliphatic rings. The second-order valence-corrected chi connectivity index (χ2v) is 5.09. The van der Waals surface area contributed by atoms with Crippen LogP contribution in [0.1, 0.15) is 11.1 Å². The largest absolute Gasteiger partial charge is 0.381 e. The highest BCUT2D eigenvalue weighted by Gasteiger charge is 2.00. The molecule has 0 aliphatic heterocycles. The van der Waals surface area contributed by atoms with Crippen molar-refractivity contribution in [2.45, 2.75) is 13.0 Å². The second-order valence-electron chi connectivity index (χ2n) is 5.09. The SMILES string of the molecule is NC(=O)Cc1ccc(NCc2ccc3cc[nH]c3c2)cc1. The predicted molar refractivity (Wildman–Crippen MR) is 85.0 cm³/mol. The lowest BCUT2D eigenvalue weighted by atomic mass is 10.1. The number of rotatable bonds is 5. The van der Waals surface area contributed by atoms with Gasteiger partial charge in [0.1, 0.15) is 0 Å². The Morgan fingerprint density at radius 3 is 2.57 bits per heavy atom. The molecule has 0 unspecified atom stereocenters. The van der Waals surface area contributed by atoms with Crippen LogP contribution in [-0.2, 0) is 17.8 Å². The van der Waals surface area contributed by atoms with Gasteiger partial charge in [0.15, 0.2) is 0 Å². The van der Waals surface area contributed by atoms with Crippen molar-refractivity contribution < 1.29 is 4.79 Å². The third-order valence-corrected chi connectivity index (χ3v) is 3.45. The highest BCUT2D eigenvalue weighted by Crippen LogP contribution is 2.16. The topological polar surface area (TPSA) is 70.9 Å². The molecule has 0 fully saturated rings. The van der Waals surface area contributed by atoms with Gasteiger partial charge in [-0.3, -0.25) is 4.79 Å². The van der Waals surface area contributed by atoms with E-state index in [0.29, 0.717) is 0 Å². The van der Waals surface area contributed by atoms with Gasteiger partial charge >= 0.3 is 0 Å². The molecule has 1 heterocycles. The maximum Gasteiger partial charge on any atom is 0.221 e. The second kappa shape index (κ2) is 5.71. The van der Waals surface area contributed by atoms with Crippen molar-refractivity contribution in [3.8, 4) is 0 Å². The number of aromatic amines is 1. The average Bonchev–Trinajstić information content (AvgIpc) is 2.93. The number of nitrogens with two attached hydrogens (primary N) is 1. The number of carbonyl (C=O) groups excluding carboxylic acids is 1. The van der Waals surface area contributed by atoms with Gasteiger partial charge in [-0.05, 0) is 40.8 Å². The smallest absolute Gasteiger partial charge is 0.221 e. The fraction of sp³-hybridized carbons (Fsp3) is 0.118. The number of hydrogen-bond donors (Lipinski definition) is 3. The van der Waals surface area contributed by atoms with Gasteiger partial charge in [0, 0.05) is 23.9 Å². The van der Waals surface area contributed by atoms with E-state index in [9.17, 15) is 4.79 Å². The van der Waals surface area contributed by atoms with Gasteiger partial charge in [0.25, 0.3) is 0 Å². The van der Waals surface area contributed by atoms with Crippen molar-refractivity contribution in [2.24, 2.45) is 5.73 Å². The number of anilines is 1. The fourth-order valence-corrected chi connectivity index (χ4v) is 2.35. The summed E-state index contributed by atoms with van der Waals surface area (Å²) in [6, 6.07) is 16.2. The highest BCUT2D eigenvalue weighted by atomic mass is 16.1. The molecule has 0 atom stereocenters. The third-order valence-electron chi connectivity index (χ3n) is 3.45. The normalized spacial score (nSPS) is 10.7. The van der Waals surface area contributed by atoms with E-state index in [-0.39, 0.29) is 12.3 Å². The Morgan fingerprint density at radius 2 is 1.81 bits per heavy atom. The lowest BCUT2D eigenvalue weighted by Crippen LogP contribution is -2.13. The lowest BCUT2D eigenvalue weighted by Gasteiger charge is -2.07. The van der Waals surface area contributed by atoms with Crippen molar-refractivity contribution >= 4 is 22.5 Å². The molecule has 0 aliphatic carbocycles. The summed E-state index contributed by atoms with van der Waals surface area (Å²) in [6.45, 7) is 0.754. The van der Waals surface area contributed by atoms with Gasteiger partial charge in [-0.25, -0.2) is 0 Å². The van der Waals surface area contributed by atoms with Gasteiger partial charge < -0.3 is 16.0 Å². The van der Waals surface area contributed by atoms with Crippen LogP contribution in [0.3, 0.4) is 0 Å². The van der Waals surface area contributed by atoms with E-state index in [1.807, 2.05) is 30.5 Å². The first-order chi connectivity index (χ1) is 10.2. The molecule has 3 rings (SSSR count). The van der Waals surface area contributed by atoms with E-state index in [0.717, 1.165) is 23.3 Å². The number of primary amides is 1. The van der Waals surface area contributed by atoms with Crippen molar-refractivity contribution in [3.63, 3.8) is 0 Å². The van der Waals surface area contributed by atoms with E-state index in [4.69, 9.17) is 5.73 Å². The molecule has 0 radical (unpaired) electrons. The van der Waals surface area contributed by atoms with Gasteiger partial charge in [-0.15, -0.1) is 0 Å². The Labute approximate surface area is 123 Å². The van der Waals surface area contributed by atoms with Crippen LogP contribution in [0.2, 0.25) is 0 Å². The number of benzene rings is 2. The molecule has 0 saturated carbocycles. The van der Waals surface area contributed by atoms with Crippen molar-refractivity contribution in [3.05, 3.63) is 65.9 Å². The van der Waals surface area contributed by atoms with Crippen molar-refractivity contribution in [1.29, 1.82) is 0 Å². The standard InChI is InChI=1S/C17H17N3O/c18-17(21)10-12-2-5-15(6-3-12)20-11-13-1-4-14-7-8-19-16(14)9-13/h1-9,19-20H,10-11H2,(H2,18,21). The summed E-state index contributed by atoms with van der Waals surface area (Å²) in [7, 11) is 0. The van der Waals surface area contributed by atoms with Gasteiger partial charge in [-0.1, -0.05) is 24.3 Å². The Kier molecular flexibility index (Phi) is 3.60. The molecule has 0 saturated heterocycles. The molecule has 2 aromatic carbocycles. The minimum absolute atomic E-state index is 0.282. The number of nitrogens with one attached hydrogen (secondary N) is 2. The first kappa shape index (κ1) is 13.2. The number of aromatic nitrogens is 1. The van der Waals surface area contributed by atoms with E-state index >= 15 is 0 Å². The first-order valence-electron chi connectivity index (χ1n) is 6.88. The number of hydrogen-bond acceptors (Lipinski definition) is 2. The molecular weight excluding hydrogens is 262 g/mol. The average molecular weight is 279 g/mol. The summed E-state index contributed by atoms with van der Waals surface area (Å²) in [6.07, 6.45) is 2.23. The van der Waals surface area contributed by atoms with E-state index < -0.39 is 0 Å². The zero-order valence-corrected chi connectivity index (χ0v) is 11.6. The predicted octanol–water partition coefficient (Wildman–Crippen LogP) is 2.81. The monoisotopic (exact) mass is 279 g/mol. The first-order valence-corrected chi connectivity index (χ1v) is 6.88. The van der Waals surface area contributed by atoms with Crippen molar-refractivity contribution in [1.82, 2.24) is 4.98 Å². The van der Waals surface area contributed by atoms with Crippen LogP contribution in [0, 0.1) is 0 Å². The van der Waals surface area contributed by atoms with Crippen LogP contribution in [0.5, 0.6) is 0 Å². The number of fused-ring (bicyclic) bond motifs is 1. The Bertz CT molecular complexity index is 759. The summed E-state index contributed by atoms with van der Waals surface area (Å²) in [5, 5.41) is 4.59. The van der Waals surface area contributed by atoms with Gasteiger partial charge in [-0.2, -0.15) is 0 Å². The van der Waals surface area contributed by atoms with E-state index in [2.05, 4.69) is 34.6 Å². The summed E-state index contributed by atoms with van der Waals surface area (Å²) in [5.74, 6) is -0.310. The van der Waals surface area contributed by atoms with Gasteiger partial charge in [0.05, 0.1) is 6.42 Å². The number of amides is 1. The number of carbonyl (C=O) groups is 1. The molecule has 3 aromatic rings. The summed E-state index contributed by atoms with van der Waals surface area (Å²) < 4.78 is 0. The molecular formula is C17H17N3O. The van der Waals surface area contributed by atoms with Crippen LogP contribution in [0.25, 0.3) is 10.9 Å². The molecule has 1 amide bonds. The number of H-pyrrole nitrogens is 1. The summed E-state index contributed by atoms with van der Waals surface area (Å²) in [4.78, 5) is 14.1. The minimum atomic E-state index is -0.310. The minimum Gasteiger partial charge on any atom is -0.381 e. The van der Waals surface area contributed by atoms with Gasteiger partial charge in [0.2, 0.25) is 5.91 Å². The van der Waals surface area contributed by atoms with Crippen LogP contribution >= 0.6 is 0 Å². The zero-order valence-electron chi connectivity index (χ0n) is 11.6. The van der Waals surface area contributed by atoms with E-state index in [1.165, 1.54) is 10.9 Å². The molecule has 4 heteroatoms. The summed E-state index contributed by atoms with van der Waals surface area (Å²) in [5.41, 5.74) is 9.49. The zero-order chi connectivity index (χ0) is 14.7. The highest BCUT2D eigenvalue weighted by molar-refractivity contribution is 5.80. The van der Waals surface area contributed by atoms with E-state index in [1.54, 1.807) is 0 Å². The Balaban J connectivity index is 1.65. The van der Waals surface area contributed by atoms with Crippen LogP contribution in [0.4, 0.5) is 5.69 Å². The molecule has 21 heavy (non-hydrogen) atoms. The lowest BCUT2D eigenvalue weighted by molar-refractivity contribution is -0.117. The maximum absolute atomic E-state index is 10.9. The molecule has 106 valence electrons. The third kappa shape index (κ3) is 3.23. The molecule has 4 N–H and O–H groups in total. The molecule has 0 spiro atoms. The molecule has 0 bridgehead atoms. The molecule has 1 aromatic heterocycles. The molecule has 4 nitrogen and oxygen atoms in total. The van der Waals surface area contributed by atoms with Crippen LogP contribution in [-0.4, -0.2) is 10.9 Å². The maximum atomic E-state index is 10.9. The van der Waals surface area contributed by atoms with Crippen molar-refractivity contribution in [2.75, 3.05) is 5.32 Å². The Hall–Kier alpha value is -2.75. The summed E-state index contributed by atoms with van der Waals surface area (Å²) >= 11 is 0. The van der Waals surface area contributed by atoms with Crippen LogP contribution in [0.15, 0.2) is 54.7 Å². The fourth-order valence-electron chi connectivity index (χ4n) is 2.35. The quantitative estimate of drug-likeness (QED) is 0.672. The van der Waals surface area contributed by atoms with Crippen LogP contribution < -0.4 is 11.1 Å².